The second kappa shape index (κ2) is 5.21. The highest BCUT2D eigenvalue weighted by atomic mass is 35.5. The van der Waals surface area contributed by atoms with E-state index in [0.29, 0.717) is 16.7 Å². The van der Waals surface area contributed by atoms with Crippen molar-refractivity contribution in [1.29, 1.82) is 0 Å². The van der Waals surface area contributed by atoms with E-state index in [1.54, 1.807) is 6.07 Å². The van der Waals surface area contributed by atoms with Gasteiger partial charge in [-0.05, 0) is 30.7 Å². The normalized spacial score (nSPS) is 11.6. The highest BCUT2D eigenvalue weighted by Crippen LogP contribution is 2.23. The third kappa shape index (κ3) is 3.47. The summed E-state index contributed by atoms with van der Waals surface area (Å²) >= 11 is 5.89. The van der Waals surface area contributed by atoms with Crippen LogP contribution in [-0.2, 0) is 12.0 Å². The van der Waals surface area contributed by atoms with Crippen molar-refractivity contribution in [2.75, 3.05) is 0 Å². The summed E-state index contributed by atoms with van der Waals surface area (Å²) in [7, 11) is 0. The topological polar surface area (TPSA) is 48.2 Å². The number of hydrogen-bond acceptors (Lipinski definition) is 4. The van der Waals surface area contributed by atoms with E-state index >= 15 is 0 Å². The average Bonchev–Trinajstić information content (AvgIpc) is 2.76. The van der Waals surface area contributed by atoms with Crippen LogP contribution in [-0.4, -0.2) is 10.1 Å². The fraction of sp³-hybridized carbons (Fsp3) is 0.429. The van der Waals surface area contributed by atoms with E-state index in [0.717, 1.165) is 11.3 Å². The van der Waals surface area contributed by atoms with Gasteiger partial charge >= 0.3 is 0 Å². The summed E-state index contributed by atoms with van der Waals surface area (Å²) in [4.78, 5) is 4.31. The largest absolute Gasteiger partial charge is 0.483 e. The Balaban J connectivity index is 2.04. The highest BCUT2D eigenvalue weighted by Gasteiger charge is 2.21. The molecule has 5 heteroatoms. The number of aromatic nitrogens is 2. The van der Waals surface area contributed by atoms with Crippen LogP contribution in [0.5, 0.6) is 5.75 Å². The van der Waals surface area contributed by atoms with Gasteiger partial charge in [0, 0.05) is 10.4 Å². The Morgan fingerprint density at radius 1 is 1.32 bits per heavy atom. The number of ether oxygens (including phenoxy) is 1. The molecule has 2 rings (SSSR count). The van der Waals surface area contributed by atoms with E-state index in [4.69, 9.17) is 20.9 Å². The summed E-state index contributed by atoms with van der Waals surface area (Å²) < 4.78 is 10.8. The van der Waals surface area contributed by atoms with Gasteiger partial charge in [-0.2, -0.15) is 4.98 Å². The first kappa shape index (κ1) is 13.9. The summed E-state index contributed by atoms with van der Waals surface area (Å²) in [5.41, 5.74) is 0.848. The fourth-order valence-corrected chi connectivity index (χ4v) is 1.76. The third-order valence-electron chi connectivity index (χ3n) is 2.63. The molecule has 0 bridgehead atoms. The van der Waals surface area contributed by atoms with Gasteiger partial charge in [-0.25, -0.2) is 0 Å². The first-order chi connectivity index (χ1) is 8.86. The lowest BCUT2D eigenvalue weighted by atomic mass is 9.96. The Labute approximate surface area is 117 Å². The summed E-state index contributed by atoms with van der Waals surface area (Å²) in [6, 6.07) is 5.47. The van der Waals surface area contributed by atoms with Crippen molar-refractivity contribution in [3.8, 4) is 5.75 Å². The summed E-state index contributed by atoms with van der Waals surface area (Å²) in [5.74, 6) is 1.91. The molecule has 0 saturated heterocycles. The van der Waals surface area contributed by atoms with Gasteiger partial charge in [0.05, 0.1) is 0 Å². The number of benzene rings is 1. The van der Waals surface area contributed by atoms with Crippen LogP contribution in [0.15, 0.2) is 22.7 Å². The minimum atomic E-state index is -0.127. The van der Waals surface area contributed by atoms with E-state index in [9.17, 15) is 0 Å². The third-order valence-corrected chi connectivity index (χ3v) is 2.86. The zero-order valence-corrected chi connectivity index (χ0v) is 12.3. The lowest BCUT2D eigenvalue weighted by Crippen LogP contribution is -2.13. The standard InChI is InChI=1S/C14H17ClN2O2/c1-9-7-10(15)5-6-11(9)18-8-12-16-13(17-19-12)14(2,3)4/h5-7H,8H2,1-4H3. The van der Waals surface area contributed by atoms with Crippen LogP contribution < -0.4 is 4.74 Å². The molecule has 0 saturated carbocycles. The Morgan fingerprint density at radius 2 is 2.05 bits per heavy atom. The Bertz CT molecular complexity index is 573. The summed E-state index contributed by atoms with van der Waals surface area (Å²) in [6.07, 6.45) is 0. The van der Waals surface area contributed by atoms with E-state index < -0.39 is 0 Å². The molecule has 0 aliphatic heterocycles. The van der Waals surface area contributed by atoms with E-state index in [2.05, 4.69) is 10.1 Å². The van der Waals surface area contributed by atoms with Crippen molar-refractivity contribution in [1.82, 2.24) is 10.1 Å². The van der Waals surface area contributed by atoms with Crippen LogP contribution in [0.4, 0.5) is 0 Å². The van der Waals surface area contributed by atoms with Gasteiger partial charge in [0.25, 0.3) is 5.89 Å². The van der Waals surface area contributed by atoms with Crippen molar-refractivity contribution in [2.24, 2.45) is 0 Å². The number of halogens is 1. The minimum absolute atomic E-state index is 0.127. The van der Waals surface area contributed by atoms with Crippen molar-refractivity contribution < 1.29 is 9.26 Å². The smallest absolute Gasteiger partial charge is 0.264 e. The van der Waals surface area contributed by atoms with Crippen LogP contribution in [0.1, 0.15) is 38.0 Å². The number of hydrogen-bond donors (Lipinski definition) is 0. The fourth-order valence-electron chi connectivity index (χ4n) is 1.53. The van der Waals surface area contributed by atoms with Gasteiger partial charge in [0.15, 0.2) is 12.4 Å². The molecule has 0 unspecified atom stereocenters. The molecule has 19 heavy (non-hydrogen) atoms. The van der Waals surface area contributed by atoms with Crippen LogP contribution in [0.25, 0.3) is 0 Å². The van der Waals surface area contributed by atoms with Gasteiger partial charge < -0.3 is 9.26 Å². The summed E-state index contributed by atoms with van der Waals surface area (Å²) in [6.45, 7) is 8.30. The second-order valence-electron chi connectivity index (χ2n) is 5.46. The SMILES string of the molecule is Cc1cc(Cl)ccc1OCc1nc(C(C)(C)C)no1. The molecule has 0 fully saturated rings. The molecule has 4 nitrogen and oxygen atoms in total. The predicted octanol–water partition coefficient (Wildman–Crippen LogP) is 3.91. The van der Waals surface area contributed by atoms with E-state index in [-0.39, 0.29) is 12.0 Å². The summed E-state index contributed by atoms with van der Waals surface area (Å²) in [5, 5.41) is 4.64. The molecule has 0 spiro atoms. The Hall–Kier alpha value is -1.55. The molecule has 0 radical (unpaired) electrons. The van der Waals surface area contributed by atoms with Crippen LogP contribution in [0.3, 0.4) is 0 Å². The average molecular weight is 281 g/mol. The monoisotopic (exact) mass is 280 g/mol. The number of nitrogens with zero attached hydrogens (tertiary/aromatic N) is 2. The molecule has 0 atom stereocenters. The van der Waals surface area contributed by atoms with Gasteiger partial charge in [0.1, 0.15) is 5.75 Å². The van der Waals surface area contributed by atoms with Gasteiger partial charge in [0.2, 0.25) is 0 Å². The van der Waals surface area contributed by atoms with Crippen LogP contribution in [0.2, 0.25) is 5.02 Å². The van der Waals surface area contributed by atoms with Gasteiger partial charge in [-0.15, -0.1) is 0 Å². The maximum absolute atomic E-state index is 5.89. The van der Waals surface area contributed by atoms with Crippen LogP contribution >= 0.6 is 11.6 Å². The molecule has 102 valence electrons. The molecular weight excluding hydrogens is 264 g/mol. The molecule has 1 heterocycles. The second-order valence-corrected chi connectivity index (χ2v) is 5.90. The quantitative estimate of drug-likeness (QED) is 0.855. The zero-order chi connectivity index (χ0) is 14.0. The predicted molar refractivity (Wildman–Crippen MR) is 73.5 cm³/mol. The first-order valence-electron chi connectivity index (χ1n) is 6.08. The van der Waals surface area contributed by atoms with E-state index in [1.807, 2.05) is 39.8 Å². The molecule has 0 N–H and O–H groups in total. The highest BCUT2D eigenvalue weighted by molar-refractivity contribution is 6.30. The van der Waals surface area contributed by atoms with Gasteiger partial charge in [-0.1, -0.05) is 37.5 Å². The molecule has 0 aliphatic rings. The van der Waals surface area contributed by atoms with E-state index in [1.165, 1.54) is 0 Å². The number of rotatable bonds is 3. The van der Waals surface area contributed by atoms with Crippen molar-refractivity contribution in [3.05, 3.63) is 40.5 Å². The minimum Gasteiger partial charge on any atom is -0.483 e. The Kier molecular flexibility index (Phi) is 3.80. The zero-order valence-electron chi connectivity index (χ0n) is 11.5. The molecule has 0 amide bonds. The van der Waals surface area contributed by atoms with Gasteiger partial charge in [-0.3, -0.25) is 0 Å². The maximum Gasteiger partial charge on any atom is 0.264 e. The first-order valence-corrected chi connectivity index (χ1v) is 6.46. The lowest BCUT2D eigenvalue weighted by Gasteiger charge is -2.11. The van der Waals surface area contributed by atoms with Crippen LogP contribution in [0, 0.1) is 6.92 Å². The van der Waals surface area contributed by atoms with Crippen molar-refractivity contribution in [2.45, 2.75) is 39.7 Å². The molecule has 1 aromatic carbocycles. The molecule has 2 aromatic rings. The number of aryl methyl sites for hydroxylation is 1. The maximum atomic E-state index is 5.89. The lowest BCUT2D eigenvalue weighted by molar-refractivity contribution is 0.240. The molecule has 1 aromatic heterocycles. The van der Waals surface area contributed by atoms with Crippen molar-refractivity contribution >= 4 is 11.6 Å². The van der Waals surface area contributed by atoms with Crippen molar-refractivity contribution in [3.63, 3.8) is 0 Å². The molecule has 0 aliphatic carbocycles. The molecular formula is C14H17ClN2O2. The Morgan fingerprint density at radius 3 is 2.63 bits per heavy atom.